The highest BCUT2D eigenvalue weighted by Crippen LogP contribution is 2.41. The van der Waals surface area contributed by atoms with Gasteiger partial charge in [0.05, 0.1) is 24.0 Å². The Morgan fingerprint density at radius 2 is 1.55 bits per heavy atom. The first-order chi connectivity index (χ1) is 18.7. The Kier molecular flexibility index (Phi) is 8.64. The van der Waals surface area contributed by atoms with Crippen molar-refractivity contribution in [2.75, 3.05) is 11.9 Å². The first-order valence-electron chi connectivity index (χ1n) is 13.0. The van der Waals surface area contributed by atoms with Gasteiger partial charge in [-0.1, -0.05) is 54.6 Å². The van der Waals surface area contributed by atoms with Crippen LogP contribution in [-0.2, 0) is 16.1 Å². The van der Waals surface area contributed by atoms with Crippen molar-refractivity contribution in [2.45, 2.75) is 25.9 Å². The number of ether oxygens (including phenoxy) is 2. The molecule has 1 aromatic heterocycles. The predicted molar refractivity (Wildman–Crippen MR) is 151 cm³/mol. The molecule has 1 N–H and O–H groups in total. The molecule has 0 spiro atoms. The summed E-state index contributed by atoms with van der Waals surface area (Å²) in [5.74, 6) is 1.37. The van der Waals surface area contributed by atoms with Crippen LogP contribution in [0.1, 0.15) is 34.5 Å². The minimum atomic E-state index is -0.358. The molecule has 0 saturated heterocycles. The third-order valence-electron chi connectivity index (χ3n) is 7.01. The summed E-state index contributed by atoms with van der Waals surface area (Å²) in [6.45, 7) is 0.741. The van der Waals surface area contributed by atoms with E-state index in [4.69, 9.17) is 9.47 Å². The standard InChI is InChI=1S/C32H31NO4S/c34-31(30-12-7-19-38-30)29-18-13-24(29)20-25(22-36-21-23-8-3-1-4-9-23)32(35)33-26-14-16-28(17-15-26)37-27-10-5-2-6-11-27/h1-12,14-17,19,24-25,29H,13,18,20-22H2,(H,33,35). The van der Waals surface area contributed by atoms with E-state index in [1.165, 1.54) is 11.3 Å². The van der Waals surface area contributed by atoms with Crippen molar-refractivity contribution in [3.05, 3.63) is 113 Å². The van der Waals surface area contributed by atoms with E-state index in [1.807, 2.05) is 102 Å². The van der Waals surface area contributed by atoms with Crippen LogP contribution in [0.25, 0.3) is 0 Å². The van der Waals surface area contributed by atoms with Gasteiger partial charge in [0.1, 0.15) is 11.5 Å². The molecule has 0 radical (unpaired) electrons. The minimum Gasteiger partial charge on any atom is -0.457 e. The van der Waals surface area contributed by atoms with Crippen LogP contribution in [0.2, 0.25) is 0 Å². The van der Waals surface area contributed by atoms with Gasteiger partial charge in [0.2, 0.25) is 5.91 Å². The van der Waals surface area contributed by atoms with Crippen molar-refractivity contribution in [3.8, 4) is 11.5 Å². The van der Waals surface area contributed by atoms with Gasteiger partial charge < -0.3 is 14.8 Å². The molecule has 0 bridgehead atoms. The fourth-order valence-corrected chi connectivity index (χ4v) is 5.51. The molecule has 1 amide bonds. The summed E-state index contributed by atoms with van der Waals surface area (Å²) in [7, 11) is 0. The largest absolute Gasteiger partial charge is 0.457 e. The Morgan fingerprint density at radius 3 is 2.21 bits per heavy atom. The fourth-order valence-electron chi connectivity index (χ4n) is 4.78. The van der Waals surface area contributed by atoms with Crippen LogP contribution in [0.3, 0.4) is 0 Å². The number of thiophene rings is 1. The van der Waals surface area contributed by atoms with Gasteiger partial charge in [-0.2, -0.15) is 0 Å². The van der Waals surface area contributed by atoms with Gasteiger partial charge in [0.25, 0.3) is 0 Å². The number of carbonyl (C=O) groups excluding carboxylic acids is 2. The molecule has 6 heteroatoms. The fraction of sp³-hybridized carbons (Fsp3) is 0.250. The maximum atomic E-state index is 13.4. The van der Waals surface area contributed by atoms with Crippen LogP contribution in [0, 0.1) is 17.8 Å². The number of rotatable bonds is 12. The highest BCUT2D eigenvalue weighted by atomic mass is 32.1. The molecule has 1 saturated carbocycles. The van der Waals surface area contributed by atoms with Gasteiger partial charge in [-0.15, -0.1) is 11.3 Å². The van der Waals surface area contributed by atoms with Crippen molar-refractivity contribution in [2.24, 2.45) is 17.8 Å². The van der Waals surface area contributed by atoms with Gasteiger partial charge in [0.15, 0.2) is 5.78 Å². The number of hydrogen-bond acceptors (Lipinski definition) is 5. The summed E-state index contributed by atoms with van der Waals surface area (Å²) in [6, 6.07) is 30.7. The Balaban J connectivity index is 1.22. The second-order valence-electron chi connectivity index (χ2n) is 9.65. The third-order valence-corrected chi connectivity index (χ3v) is 7.89. The van der Waals surface area contributed by atoms with Crippen LogP contribution >= 0.6 is 11.3 Å². The zero-order chi connectivity index (χ0) is 26.2. The lowest BCUT2D eigenvalue weighted by Crippen LogP contribution is -2.37. The van der Waals surface area contributed by atoms with E-state index in [9.17, 15) is 9.59 Å². The molecular weight excluding hydrogens is 494 g/mol. The molecule has 194 valence electrons. The van der Waals surface area contributed by atoms with Crippen LogP contribution < -0.4 is 10.1 Å². The molecule has 3 atom stereocenters. The molecule has 5 rings (SSSR count). The predicted octanol–water partition coefficient (Wildman–Crippen LogP) is 7.61. The number of nitrogens with one attached hydrogen (secondary N) is 1. The molecule has 1 aliphatic carbocycles. The van der Waals surface area contributed by atoms with Gasteiger partial charge in [-0.05, 0) is 78.6 Å². The lowest BCUT2D eigenvalue weighted by atomic mass is 9.67. The summed E-state index contributed by atoms with van der Waals surface area (Å²) in [5.41, 5.74) is 1.76. The summed E-state index contributed by atoms with van der Waals surface area (Å²) >= 11 is 1.49. The van der Waals surface area contributed by atoms with Crippen LogP contribution in [0.15, 0.2) is 102 Å². The van der Waals surface area contributed by atoms with Crippen LogP contribution in [-0.4, -0.2) is 18.3 Å². The first kappa shape index (κ1) is 25.9. The number of ketones is 1. The lowest BCUT2D eigenvalue weighted by Gasteiger charge is -2.37. The Bertz CT molecular complexity index is 1310. The highest BCUT2D eigenvalue weighted by Gasteiger charge is 2.39. The van der Waals surface area contributed by atoms with Crippen molar-refractivity contribution in [1.82, 2.24) is 0 Å². The maximum absolute atomic E-state index is 13.4. The number of anilines is 1. The summed E-state index contributed by atoms with van der Waals surface area (Å²) < 4.78 is 11.9. The van der Waals surface area contributed by atoms with E-state index >= 15 is 0 Å². The van der Waals surface area contributed by atoms with E-state index in [1.54, 1.807) is 0 Å². The number of para-hydroxylation sites is 1. The zero-order valence-electron chi connectivity index (χ0n) is 21.1. The average molecular weight is 526 g/mol. The third kappa shape index (κ3) is 6.77. The molecule has 1 aliphatic rings. The number of hydrogen-bond donors (Lipinski definition) is 1. The molecule has 4 aromatic rings. The van der Waals surface area contributed by atoms with Crippen LogP contribution in [0.5, 0.6) is 11.5 Å². The molecule has 0 aliphatic heterocycles. The molecular formula is C32H31NO4S. The van der Waals surface area contributed by atoms with Crippen molar-refractivity contribution in [3.63, 3.8) is 0 Å². The van der Waals surface area contributed by atoms with E-state index < -0.39 is 0 Å². The average Bonchev–Trinajstić information content (AvgIpc) is 3.47. The number of Topliss-reactive ketones (excluding diaryl/α,β-unsaturated/α-hetero) is 1. The summed E-state index contributed by atoms with van der Waals surface area (Å²) in [4.78, 5) is 27.2. The zero-order valence-corrected chi connectivity index (χ0v) is 21.9. The summed E-state index contributed by atoms with van der Waals surface area (Å²) in [6.07, 6.45) is 2.46. The van der Waals surface area contributed by atoms with Crippen molar-refractivity contribution in [1.29, 1.82) is 0 Å². The van der Waals surface area contributed by atoms with Crippen molar-refractivity contribution >= 4 is 28.7 Å². The topological polar surface area (TPSA) is 64.6 Å². The summed E-state index contributed by atoms with van der Waals surface area (Å²) in [5, 5.41) is 4.98. The molecule has 1 heterocycles. The Morgan fingerprint density at radius 1 is 0.842 bits per heavy atom. The second kappa shape index (κ2) is 12.7. The number of carbonyl (C=O) groups is 2. The second-order valence-corrected chi connectivity index (χ2v) is 10.6. The molecule has 3 unspecified atom stereocenters. The monoisotopic (exact) mass is 525 g/mol. The van der Waals surface area contributed by atoms with Crippen LogP contribution in [0.4, 0.5) is 5.69 Å². The molecule has 5 nitrogen and oxygen atoms in total. The Labute approximate surface area is 227 Å². The van der Waals surface area contributed by atoms with E-state index in [0.717, 1.165) is 29.0 Å². The Hall–Kier alpha value is -3.74. The maximum Gasteiger partial charge on any atom is 0.229 e. The van der Waals surface area contributed by atoms with E-state index in [-0.39, 0.29) is 29.4 Å². The van der Waals surface area contributed by atoms with Gasteiger partial charge in [0, 0.05) is 11.6 Å². The first-order valence-corrected chi connectivity index (χ1v) is 13.9. The molecule has 3 aromatic carbocycles. The van der Waals surface area contributed by atoms with Gasteiger partial charge in [-0.25, -0.2) is 0 Å². The SMILES string of the molecule is O=C(Nc1ccc(Oc2ccccc2)cc1)C(COCc1ccccc1)CC1CCC1C(=O)c1cccs1. The minimum absolute atomic E-state index is 0.0208. The van der Waals surface area contributed by atoms with Gasteiger partial charge >= 0.3 is 0 Å². The lowest BCUT2D eigenvalue weighted by molar-refractivity contribution is -0.123. The quantitative estimate of drug-likeness (QED) is 0.193. The van der Waals surface area contributed by atoms with Crippen molar-refractivity contribution < 1.29 is 19.1 Å². The van der Waals surface area contributed by atoms with E-state index in [0.29, 0.717) is 31.1 Å². The normalized spacial score (nSPS) is 17.3. The van der Waals surface area contributed by atoms with E-state index in [2.05, 4.69) is 5.32 Å². The highest BCUT2D eigenvalue weighted by molar-refractivity contribution is 7.12. The smallest absolute Gasteiger partial charge is 0.229 e. The number of amides is 1. The van der Waals surface area contributed by atoms with Gasteiger partial charge in [-0.3, -0.25) is 9.59 Å². The molecule has 38 heavy (non-hydrogen) atoms. The molecule has 1 fully saturated rings. The number of benzene rings is 3.